The number of nitrogens with one attached hydrogen (secondary N) is 2. The highest BCUT2D eigenvalue weighted by atomic mass is 16.6. The summed E-state index contributed by atoms with van der Waals surface area (Å²) in [5, 5.41) is 17.1. The number of likely N-dealkylation sites (tertiary alicyclic amines) is 4. The standard InChI is InChI=1S/C29H38N4O3.C22H35N3O3/c1-31-17-14-25(15-18-31)33-26-11-10-24(21-27(26)36-29(33)35)23-12-19-32(20-13-23)28(34)30-16-6-5-9-22-7-3-2-4-8-22;1-22(2,3)28-21(27)25-13-7-16(8-14-25)17-5-6-19(20(26)15-17)23-18-9-11-24(4)12-10-18/h2-4,7-8,10-11,21,23,25H,5-6,9,12-20H2,1H3,(H,30,34);5-6,15-16,18,23,26H,7-14H2,1-4H3. The van der Waals surface area contributed by atoms with Crippen molar-refractivity contribution in [3.63, 3.8) is 0 Å². The highest BCUT2D eigenvalue weighted by Crippen LogP contribution is 2.35. The Bertz CT molecular complexity index is 2170. The Hall–Kier alpha value is -5.01. The SMILES string of the molecule is CN1CCC(Nc2ccc(C3CCN(C(=O)OC(C)(C)C)CC3)cc2O)CC1.CN1CCC(n2c(=O)oc3cc(C4CCN(C(=O)NCCCCc5ccccc5)CC4)ccc32)CC1. The molecule has 8 rings (SSSR count). The molecule has 4 aromatic rings. The third-order valence-electron chi connectivity index (χ3n) is 13.7. The van der Waals surface area contributed by atoms with E-state index in [1.165, 1.54) is 11.1 Å². The lowest BCUT2D eigenvalue weighted by Crippen LogP contribution is -2.44. The maximum atomic E-state index is 12.7. The van der Waals surface area contributed by atoms with Crippen LogP contribution >= 0.6 is 0 Å². The fraction of sp³-hybridized carbons (Fsp3) is 0.588. The maximum Gasteiger partial charge on any atom is 0.420 e. The highest BCUT2D eigenvalue weighted by molar-refractivity contribution is 5.75. The molecular weight excluding hydrogens is 807 g/mol. The number of amides is 3. The van der Waals surface area contributed by atoms with Crippen LogP contribution < -0.4 is 16.4 Å². The number of carbonyl (C=O) groups excluding carboxylic acids is 2. The van der Waals surface area contributed by atoms with Crippen LogP contribution in [0.1, 0.15) is 120 Å². The van der Waals surface area contributed by atoms with Gasteiger partial charge in [-0.05, 0) is 184 Å². The average molecular weight is 880 g/mol. The second kappa shape index (κ2) is 21.8. The van der Waals surface area contributed by atoms with Crippen LogP contribution in [0.2, 0.25) is 0 Å². The molecule has 3 aromatic carbocycles. The van der Waals surface area contributed by atoms with Gasteiger partial charge in [0.2, 0.25) is 0 Å². The van der Waals surface area contributed by atoms with Gasteiger partial charge in [-0.3, -0.25) is 4.57 Å². The van der Waals surface area contributed by atoms with Crippen molar-refractivity contribution in [2.75, 3.05) is 78.3 Å². The van der Waals surface area contributed by atoms with Gasteiger partial charge in [0.25, 0.3) is 0 Å². The number of phenolic OH excluding ortho intramolecular Hbond substituents is 1. The number of rotatable bonds is 10. The number of unbranched alkanes of at least 4 members (excludes halogenated alkanes) is 1. The van der Waals surface area contributed by atoms with E-state index in [1.807, 2.05) is 48.4 Å². The molecular formula is C51H73N7O6. The fourth-order valence-corrected chi connectivity index (χ4v) is 9.75. The second-order valence-corrected chi connectivity index (χ2v) is 19.7. The van der Waals surface area contributed by atoms with Crippen molar-refractivity contribution in [1.82, 2.24) is 29.5 Å². The molecule has 0 bridgehead atoms. The summed E-state index contributed by atoms with van der Waals surface area (Å²) >= 11 is 0. The summed E-state index contributed by atoms with van der Waals surface area (Å²) in [4.78, 5) is 45.9. The Morgan fingerprint density at radius 2 is 1.33 bits per heavy atom. The van der Waals surface area contributed by atoms with Crippen molar-refractivity contribution in [1.29, 1.82) is 0 Å². The van der Waals surface area contributed by atoms with Crippen LogP contribution in [0.5, 0.6) is 5.75 Å². The number of ether oxygens (including phenoxy) is 1. The van der Waals surface area contributed by atoms with Crippen LogP contribution in [0.4, 0.5) is 15.3 Å². The lowest BCUT2D eigenvalue weighted by molar-refractivity contribution is 0.0204. The minimum atomic E-state index is -0.462. The van der Waals surface area contributed by atoms with Crippen LogP contribution in [0.25, 0.3) is 11.1 Å². The number of aromatic hydroxyl groups is 1. The van der Waals surface area contributed by atoms with Gasteiger partial charge in [0.05, 0.1) is 11.2 Å². The van der Waals surface area contributed by atoms with Crippen LogP contribution in [0, 0.1) is 0 Å². The predicted octanol–water partition coefficient (Wildman–Crippen LogP) is 8.79. The maximum absolute atomic E-state index is 12.7. The Morgan fingerprint density at radius 1 is 0.734 bits per heavy atom. The Balaban J connectivity index is 0.000000198. The zero-order valence-corrected chi connectivity index (χ0v) is 39.0. The first-order valence-corrected chi connectivity index (χ1v) is 24.0. The molecule has 0 unspecified atom stereocenters. The molecule has 0 aliphatic carbocycles. The first kappa shape index (κ1) is 47.0. The number of urea groups is 1. The third kappa shape index (κ3) is 12.8. The van der Waals surface area contributed by atoms with Gasteiger partial charge in [-0.1, -0.05) is 42.5 Å². The normalized spacial score (nSPS) is 19.0. The van der Waals surface area contributed by atoms with Gasteiger partial charge < -0.3 is 44.5 Å². The molecule has 3 N–H and O–H groups in total. The minimum absolute atomic E-state index is 0.0461. The van der Waals surface area contributed by atoms with Gasteiger partial charge in [-0.2, -0.15) is 0 Å². The number of piperidine rings is 4. The zero-order chi connectivity index (χ0) is 45.2. The number of oxazole rings is 1. The number of nitrogens with zero attached hydrogens (tertiary/aromatic N) is 5. The Labute approximate surface area is 380 Å². The van der Waals surface area contributed by atoms with Crippen LogP contribution in [-0.2, 0) is 11.2 Å². The smallest absolute Gasteiger partial charge is 0.420 e. The molecule has 1 aromatic heterocycles. The number of aryl methyl sites for hydroxylation is 1. The van der Waals surface area contributed by atoms with Crippen LogP contribution in [0.3, 0.4) is 0 Å². The summed E-state index contributed by atoms with van der Waals surface area (Å²) in [7, 11) is 4.28. The number of hydrogen-bond acceptors (Lipinski definition) is 9. The van der Waals surface area contributed by atoms with Gasteiger partial charge in [0.1, 0.15) is 11.4 Å². The van der Waals surface area contributed by atoms with Gasteiger partial charge in [0, 0.05) is 44.8 Å². The topological polar surface area (TPSA) is 136 Å². The summed E-state index contributed by atoms with van der Waals surface area (Å²) in [6.45, 7) is 13.5. The molecule has 3 amide bonds. The lowest BCUT2D eigenvalue weighted by Gasteiger charge is -2.34. The molecule has 0 saturated carbocycles. The van der Waals surface area contributed by atoms with Crippen molar-refractivity contribution >= 4 is 28.9 Å². The number of fused-ring (bicyclic) bond motifs is 1. The van der Waals surface area contributed by atoms with E-state index in [1.54, 1.807) is 4.90 Å². The van der Waals surface area contributed by atoms with Crippen molar-refractivity contribution in [3.8, 4) is 5.75 Å². The van der Waals surface area contributed by atoms with Crippen molar-refractivity contribution in [2.45, 2.75) is 121 Å². The first-order valence-electron chi connectivity index (χ1n) is 24.0. The zero-order valence-electron chi connectivity index (χ0n) is 39.0. The van der Waals surface area contributed by atoms with Crippen molar-refractivity contribution in [2.24, 2.45) is 0 Å². The molecule has 4 saturated heterocycles. The Kier molecular flexibility index (Phi) is 16.0. The molecule has 348 valence electrons. The minimum Gasteiger partial charge on any atom is -0.506 e. The van der Waals surface area contributed by atoms with E-state index in [2.05, 4.69) is 83.1 Å². The second-order valence-electron chi connectivity index (χ2n) is 19.7. The van der Waals surface area contributed by atoms with Gasteiger partial charge in [0.15, 0.2) is 5.58 Å². The summed E-state index contributed by atoms with van der Waals surface area (Å²) in [5.74, 6) is 0.821. The molecule has 0 atom stereocenters. The molecule has 4 aliphatic heterocycles. The highest BCUT2D eigenvalue weighted by Gasteiger charge is 2.29. The number of hydrogen-bond donors (Lipinski definition) is 3. The van der Waals surface area contributed by atoms with Crippen LogP contribution in [0.15, 0.2) is 75.9 Å². The monoisotopic (exact) mass is 880 g/mol. The summed E-state index contributed by atoms with van der Waals surface area (Å²) < 4.78 is 13.0. The molecule has 13 nitrogen and oxygen atoms in total. The van der Waals surface area contributed by atoms with E-state index < -0.39 is 5.60 Å². The predicted molar refractivity (Wildman–Crippen MR) is 255 cm³/mol. The summed E-state index contributed by atoms with van der Waals surface area (Å²) in [5.41, 5.74) is 5.65. The number of anilines is 1. The van der Waals surface area contributed by atoms with E-state index in [9.17, 15) is 19.5 Å². The van der Waals surface area contributed by atoms with Gasteiger partial charge in [-0.25, -0.2) is 14.4 Å². The van der Waals surface area contributed by atoms with Gasteiger partial charge in [-0.15, -0.1) is 0 Å². The molecule has 5 heterocycles. The number of carbonyl (C=O) groups is 2. The summed E-state index contributed by atoms with van der Waals surface area (Å²) in [6.07, 6.45) is 10.6. The summed E-state index contributed by atoms with van der Waals surface area (Å²) in [6, 6.07) is 23.4. The molecule has 4 aliphatic rings. The van der Waals surface area contributed by atoms with Crippen LogP contribution in [-0.4, -0.2) is 126 Å². The quantitative estimate of drug-likeness (QED) is 0.106. The lowest BCUT2D eigenvalue weighted by atomic mass is 9.89. The molecule has 0 radical (unpaired) electrons. The van der Waals surface area contributed by atoms with E-state index in [4.69, 9.17) is 9.15 Å². The van der Waals surface area contributed by atoms with E-state index >= 15 is 0 Å². The fourth-order valence-electron chi connectivity index (χ4n) is 9.75. The molecule has 0 spiro atoms. The van der Waals surface area contributed by atoms with E-state index in [-0.39, 0.29) is 23.9 Å². The van der Waals surface area contributed by atoms with Gasteiger partial charge >= 0.3 is 17.9 Å². The molecule has 13 heteroatoms. The van der Waals surface area contributed by atoms with E-state index in [0.29, 0.717) is 42.3 Å². The average Bonchev–Trinajstić information content (AvgIpc) is 3.62. The van der Waals surface area contributed by atoms with E-state index in [0.717, 1.165) is 133 Å². The number of benzene rings is 3. The number of phenols is 1. The molecule has 64 heavy (non-hydrogen) atoms. The number of aromatic nitrogens is 1. The third-order valence-corrected chi connectivity index (χ3v) is 13.7. The Morgan fingerprint density at radius 3 is 1.95 bits per heavy atom. The molecule has 4 fully saturated rings. The first-order chi connectivity index (χ1) is 30.8. The van der Waals surface area contributed by atoms with Crippen molar-refractivity contribution in [3.05, 3.63) is 94.0 Å². The largest absolute Gasteiger partial charge is 0.506 e. The van der Waals surface area contributed by atoms with Crippen molar-refractivity contribution < 1.29 is 23.8 Å².